The summed E-state index contributed by atoms with van der Waals surface area (Å²) in [6, 6.07) is 4.02. The van der Waals surface area contributed by atoms with Gasteiger partial charge in [0.15, 0.2) is 5.69 Å². The Balaban J connectivity index is 2.20. The van der Waals surface area contributed by atoms with Crippen LogP contribution in [0.5, 0.6) is 0 Å². The normalized spacial score (nSPS) is 10.0. The van der Waals surface area contributed by atoms with Gasteiger partial charge in [0.25, 0.3) is 5.91 Å². The molecule has 0 saturated heterocycles. The number of benzene rings is 1. The number of carbonyl (C=O) groups excluding carboxylic acids is 1. The van der Waals surface area contributed by atoms with E-state index >= 15 is 0 Å². The maximum absolute atomic E-state index is 11.6. The Bertz CT molecular complexity index is 594. The number of aromatic nitrogens is 3. The second kappa shape index (κ2) is 4.53. The van der Waals surface area contributed by atoms with Gasteiger partial charge in [-0.3, -0.25) is 4.79 Å². The molecule has 1 amide bonds. The molecule has 1 aromatic carbocycles. The van der Waals surface area contributed by atoms with Crippen molar-refractivity contribution >= 4 is 23.3 Å². The fraction of sp³-hybridized carbons (Fsp3) is 0. The number of aromatic carboxylic acids is 1. The van der Waals surface area contributed by atoms with E-state index in [0.29, 0.717) is 5.69 Å². The molecule has 0 aliphatic rings. The van der Waals surface area contributed by atoms with Crippen LogP contribution in [0.4, 0.5) is 11.4 Å². The number of nitrogens with two attached hydrogens (primary N) is 1. The monoisotopic (exact) mass is 247 g/mol. The summed E-state index contributed by atoms with van der Waals surface area (Å²) in [7, 11) is 0. The van der Waals surface area contributed by atoms with Crippen LogP contribution in [0, 0.1) is 0 Å². The zero-order valence-corrected chi connectivity index (χ0v) is 9.04. The molecule has 0 fully saturated rings. The van der Waals surface area contributed by atoms with Gasteiger partial charge >= 0.3 is 5.97 Å². The van der Waals surface area contributed by atoms with Crippen molar-refractivity contribution in [2.45, 2.75) is 0 Å². The van der Waals surface area contributed by atoms with Crippen LogP contribution in [0.3, 0.4) is 0 Å². The van der Waals surface area contributed by atoms with E-state index in [-0.39, 0.29) is 16.9 Å². The first kappa shape index (κ1) is 11.6. The number of anilines is 2. The summed E-state index contributed by atoms with van der Waals surface area (Å²) in [4.78, 5) is 22.3. The minimum atomic E-state index is -1.09. The van der Waals surface area contributed by atoms with Crippen LogP contribution < -0.4 is 11.1 Å². The van der Waals surface area contributed by atoms with Crippen LogP contribution in [0.25, 0.3) is 0 Å². The second-order valence-corrected chi connectivity index (χ2v) is 3.42. The lowest BCUT2D eigenvalue weighted by Crippen LogP contribution is -2.14. The third kappa shape index (κ3) is 2.26. The molecule has 8 heteroatoms. The van der Waals surface area contributed by atoms with Crippen molar-refractivity contribution in [1.82, 2.24) is 15.4 Å². The summed E-state index contributed by atoms with van der Waals surface area (Å²) in [5.74, 6) is -1.57. The Labute approximate surface area is 101 Å². The van der Waals surface area contributed by atoms with Gasteiger partial charge in [-0.15, -0.1) is 0 Å². The van der Waals surface area contributed by atoms with E-state index in [0.717, 1.165) is 0 Å². The zero-order chi connectivity index (χ0) is 13.1. The zero-order valence-electron chi connectivity index (χ0n) is 9.04. The average Bonchev–Trinajstić information content (AvgIpc) is 2.85. The van der Waals surface area contributed by atoms with Crippen molar-refractivity contribution < 1.29 is 14.7 Å². The molecular weight excluding hydrogens is 238 g/mol. The van der Waals surface area contributed by atoms with Gasteiger partial charge in [-0.05, 0) is 18.2 Å². The molecule has 0 radical (unpaired) electrons. The number of H-pyrrole nitrogens is 1. The first-order valence-corrected chi connectivity index (χ1v) is 4.88. The first-order chi connectivity index (χ1) is 8.58. The molecule has 0 unspecified atom stereocenters. The highest BCUT2D eigenvalue weighted by Gasteiger charge is 2.12. The summed E-state index contributed by atoms with van der Waals surface area (Å²) in [5.41, 5.74) is 6.27. The summed E-state index contributed by atoms with van der Waals surface area (Å²) in [6.45, 7) is 0. The molecule has 0 spiro atoms. The molecule has 18 heavy (non-hydrogen) atoms. The molecule has 0 saturated carbocycles. The van der Waals surface area contributed by atoms with Crippen LogP contribution in [-0.2, 0) is 0 Å². The number of rotatable bonds is 3. The first-order valence-electron chi connectivity index (χ1n) is 4.88. The molecule has 2 aromatic rings. The number of carboxylic acid groups (broad SMARTS) is 1. The molecular formula is C10H9N5O3. The topological polar surface area (TPSA) is 134 Å². The van der Waals surface area contributed by atoms with Crippen molar-refractivity contribution in [2.24, 2.45) is 0 Å². The molecule has 0 atom stereocenters. The van der Waals surface area contributed by atoms with Crippen LogP contribution in [0.2, 0.25) is 0 Å². The van der Waals surface area contributed by atoms with Gasteiger partial charge in [-0.2, -0.15) is 15.4 Å². The van der Waals surface area contributed by atoms with E-state index in [4.69, 9.17) is 10.8 Å². The second-order valence-electron chi connectivity index (χ2n) is 3.42. The molecule has 2 rings (SSSR count). The van der Waals surface area contributed by atoms with E-state index < -0.39 is 11.9 Å². The smallest absolute Gasteiger partial charge is 0.335 e. The Hall–Kier alpha value is -2.90. The molecule has 1 aromatic heterocycles. The largest absolute Gasteiger partial charge is 0.478 e. The van der Waals surface area contributed by atoms with E-state index in [2.05, 4.69) is 20.7 Å². The average molecular weight is 247 g/mol. The van der Waals surface area contributed by atoms with Crippen molar-refractivity contribution in [2.75, 3.05) is 11.1 Å². The van der Waals surface area contributed by atoms with Crippen LogP contribution in [0.15, 0.2) is 24.4 Å². The number of aromatic amines is 1. The maximum Gasteiger partial charge on any atom is 0.335 e. The van der Waals surface area contributed by atoms with Gasteiger partial charge in [0.1, 0.15) is 0 Å². The Morgan fingerprint density at radius 1 is 1.39 bits per heavy atom. The number of carboxylic acids is 1. The SMILES string of the molecule is Nc1cc(C(=O)O)ccc1NC(=O)c1cn[nH]n1. The molecule has 0 aliphatic heterocycles. The Kier molecular flexibility index (Phi) is 2.92. The molecule has 8 nitrogen and oxygen atoms in total. The lowest BCUT2D eigenvalue weighted by Gasteiger charge is -2.07. The van der Waals surface area contributed by atoms with Crippen LogP contribution in [-0.4, -0.2) is 32.4 Å². The minimum absolute atomic E-state index is 0.0481. The van der Waals surface area contributed by atoms with Crippen molar-refractivity contribution in [1.29, 1.82) is 0 Å². The number of hydrogen-bond acceptors (Lipinski definition) is 5. The Morgan fingerprint density at radius 3 is 2.72 bits per heavy atom. The van der Waals surface area contributed by atoms with E-state index in [1.807, 2.05) is 0 Å². The molecule has 5 N–H and O–H groups in total. The standard InChI is InChI=1S/C10H9N5O3/c11-6-3-5(10(17)18)1-2-7(6)13-9(16)8-4-12-15-14-8/h1-4H,11H2,(H,13,16)(H,17,18)(H,12,14,15). The third-order valence-electron chi connectivity index (χ3n) is 2.19. The number of hydrogen-bond donors (Lipinski definition) is 4. The van der Waals surface area contributed by atoms with Gasteiger partial charge in [-0.25, -0.2) is 4.79 Å². The molecule has 1 heterocycles. The fourth-order valence-corrected chi connectivity index (χ4v) is 1.31. The predicted octanol–water partition coefficient (Wildman–Crippen LogP) is 0.337. The van der Waals surface area contributed by atoms with E-state index in [1.165, 1.54) is 24.4 Å². The summed E-state index contributed by atoms with van der Waals surface area (Å²) in [5, 5.41) is 20.7. The summed E-state index contributed by atoms with van der Waals surface area (Å²) < 4.78 is 0. The van der Waals surface area contributed by atoms with Crippen LogP contribution in [0.1, 0.15) is 20.8 Å². The number of amides is 1. The van der Waals surface area contributed by atoms with Crippen LogP contribution >= 0.6 is 0 Å². The van der Waals surface area contributed by atoms with Gasteiger partial charge in [0.2, 0.25) is 0 Å². The molecule has 92 valence electrons. The van der Waals surface area contributed by atoms with Gasteiger partial charge in [-0.1, -0.05) is 0 Å². The number of nitrogen functional groups attached to an aromatic ring is 1. The minimum Gasteiger partial charge on any atom is -0.478 e. The summed E-state index contributed by atoms with van der Waals surface area (Å²) >= 11 is 0. The van der Waals surface area contributed by atoms with E-state index in [1.54, 1.807) is 0 Å². The van der Waals surface area contributed by atoms with Gasteiger partial charge < -0.3 is 16.2 Å². The number of carbonyl (C=O) groups is 2. The lowest BCUT2D eigenvalue weighted by atomic mass is 10.1. The lowest BCUT2D eigenvalue weighted by molar-refractivity contribution is 0.0697. The molecule has 0 bridgehead atoms. The van der Waals surface area contributed by atoms with Crippen molar-refractivity contribution in [3.8, 4) is 0 Å². The summed E-state index contributed by atoms with van der Waals surface area (Å²) in [6.07, 6.45) is 1.26. The fourth-order valence-electron chi connectivity index (χ4n) is 1.31. The number of nitrogens with one attached hydrogen (secondary N) is 2. The van der Waals surface area contributed by atoms with Crippen molar-refractivity contribution in [3.63, 3.8) is 0 Å². The number of nitrogens with zero attached hydrogens (tertiary/aromatic N) is 2. The quantitative estimate of drug-likeness (QED) is 0.577. The molecule has 0 aliphatic carbocycles. The maximum atomic E-state index is 11.6. The highest BCUT2D eigenvalue weighted by atomic mass is 16.4. The van der Waals surface area contributed by atoms with E-state index in [9.17, 15) is 9.59 Å². The Morgan fingerprint density at radius 2 is 2.17 bits per heavy atom. The highest BCUT2D eigenvalue weighted by molar-refractivity contribution is 6.04. The van der Waals surface area contributed by atoms with Gasteiger partial charge in [0, 0.05) is 0 Å². The predicted molar refractivity (Wildman–Crippen MR) is 62.1 cm³/mol. The van der Waals surface area contributed by atoms with Gasteiger partial charge in [0.05, 0.1) is 23.1 Å². The third-order valence-corrected chi connectivity index (χ3v) is 2.19. The highest BCUT2D eigenvalue weighted by Crippen LogP contribution is 2.20. The van der Waals surface area contributed by atoms with Crippen molar-refractivity contribution in [3.05, 3.63) is 35.7 Å².